The van der Waals surface area contributed by atoms with Gasteiger partial charge in [-0.25, -0.2) is 14.6 Å². The van der Waals surface area contributed by atoms with E-state index in [1.165, 1.54) is 0 Å². The lowest BCUT2D eigenvalue weighted by molar-refractivity contribution is 0.0684. The lowest BCUT2D eigenvalue weighted by atomic mass is 10.1. The molecule has 0 spiro atoms. The Labute approximate surface area is 99.7 Å². The largest absolute Gasteiger partial charge is 0.475 e. The second-order valence-electron chi connectivity index (χ2n) is 3.90. The fraction of sp³-hybridized carbons (Fsp3) is 0.0909. The Morgan fingerprint density at radius 2 is 2.22 bits per heavy atom. The molecule has 0 radical (unpaired) electrons. The highest BCUT2D eigenvalue weighted by molar-refractivity contribution is 5.94. The Morgan fingerprint density at radius 3 is 2.94 bits per heavy atom. The van der Waals surface area contributed by atoms with E-state index in [0.717, 1.165) is 10.1 Å². The minimum absolute atomic E-state index is 0.245. The minimum Gasteiger partial charge on any atom is -0.475 e. The van der Waals surface area contributed by atoms with Crippen molar-refractivity contribution in [1.29, 1.82) is 0 Å². The van der Waals surface area contributed by atoms with Crippen molar-refractivity contribution in [2.45, 2.75) is 6.92 Å². The van der Waals surface area contributed by atoms with Gasteiger partial charge in [0.2, 0.25) is 0 Å². The molecule has 0 saturated heterocycles. The predicted octanol–water partition coefficient (Wildman–Crippen LogP) is 0.577. The quantitative estimate of drug-likeness (QED) is 0.652. The first-order valence-electron chi connectivity index (χ1n) is 5.19. The third kappa shape index (κ3) is 1.30. The van der Waals surface area contributed by atoms with Crippen LogP contribution < -0.4 is 5.69 Å². The summed E-state index contributed by atoms with van der Waals surface area (Å²) in [6.07, 6.45) is 0. The van der Waals surface area contributed by atoms with Crippen LogP contribution in [-0.4, -0.2) is 30.7 Å². The van der Waals surface area contributed by atoms with Gasteiger partial charge in [0.25, 0.3) is 5.82 Å². The molecule has 0 atom stereocenters. The summed E-state index contributed by atoms with van der Waals surface area (Å²) >= 11 is 0. The molecule has 0 amide bonds. The van der Waals surface area contributed by atoms with E-state index in [1.807, 2.05) is 19.1 Å². The molecule has 0 aliphatic carbocycles. The van der Waals surface area contributed by atoms with Gasteiger partial charge in [0.05, 0.1) is 5.52 Å². The highest BCUT2D eigenvalue weighted by Gasteiger charge is 2.15. The van der Waals surface area contributed by atoms with Gasteiger partial charge in [-0.3, -0.25) is 0 Å². The highest BCUT2D eigenvalue weighted by Crippen LogP contribution is 2.17. The van der Waals surface area contributed by atoms with E-state index in [4.69, 9.17) is 5.11 Å². The second-order valence-corrected chi connectivity index (χ2v) is 3.90. The molecule has 7 heteroatoms. The number of aromatic carboxylic acids is 1. The maximum absolute atomic E-state index is 11.8. The normalized spacial score (nSPS) is 11.2. The molecule has 2 N–H and O–H groups in total. The third-order valence-corrected chi connectivity index (χ3v) is 2.74. The fourth-order valence-corrected chi connectivity index (χ4v) is 1.90. The van der Waals surface area contributed by atoms with Gasteiger partial charge in [-0.2, -0.15) is 4.52 Å². The molecule has 0 aliphatic heterocycles. The average molecular weight is 244 g/mol. The zero-order chi connectivity index (χ0) is 12.9. The number of hydrogen-bond donors (Lipinski definition) is 2. The summed E-state index contributed by atoms with van der Waals surface area (Å²) in [5, 5.41) is 13.2. The van der Waals surface area contributed by atoms with Gasteiger partial charge >= 0.3 is 11.7 Å². The van der Waals surface area contributed by atoms with Crippen molar-refractivity contribution in [3.63, 3.8) is 0 Å². The molecule has 0 unspecified atom stereocenters. The van der Waals surface area contributed by atoms with E-state index in [0.29, 0.717) is 10.9 Å². The van der Waals surface area contributed by atoms with Crippen molar-refractivity contribution >= 4 is 22.5 Å². The zero-order valence-electron chi connectivity index (χ0n) is 9.34. The van der Waals surface area contributed by atoms with Crippen LogP contribution in [0.5, 0.6) is 0 Å². The summed E-state index contributed by atoms with van der Waals surface area (Å²) in [6, 6.07) is 5.42. The number of nitrogens with zero attached hydrogens (tertiary/aromatic N) is 3. The summed E-state index contributed by atoms with van der Waals surface area (Å²) in [5.41, 5.74) is 1.26. The van der Waals surface area contributed by atoms with Crippen LogP contribution in [0.2, 0.25) is 0 Å². The van der Waals surface area contributed by atoms with Crippen molar-refractivity contribution in [3.8, 4) is 0 Å². The highest BCUT2D eigenvalue weighted by atomic mass is 16.4. The van der Waals surface area contributed by atoms with Crippen molar-refractivity contribution < 1.29 is 9.90 Å². The maximum atomic E-state index is 11.8. The zero-order valence-corrected chi connectivity index (χ0v) is 9.34. The number of H-pyrrole nitrogens is 1. The number of hydrogen-bond acceptors (Lipinski definition) is 4. The fourth-order valence-electron chi connectivity index (χ4n) is 1.90. The van der Waals surface area contributed by atoms with Gasteiger partial charge in [-0.05, 0) is 18.6 Å². The summed E-state index contributed by atoms with van der Waals surface area (Å²) in [6.45, 7) is 1.85. The first-order valence-corrected chi connectivity index (χ1v) is 5.19. The molecular weight excluding hydrogens is 236 g/mol. The molecule has 0 fully saturated rings. The summed E-state index contributed by atoms with van der Waals surface area (Å²) in [7, 11) is 0. The van der Waals surface area contributed by atoms with Gasteiger partial charge in [0.1, 0.15) is 0 Å². The summed E-state index contributed by atoms with van der Waals surface area (Å²) in [4.78, 5) is 29.2. The molecule has 18 heavy (non-hydrogen) atoms. The van der Waals surface area contributed by atoms with Crippen LogP contribution in [0, 0.1) is 6.92 Å². The molecule has 90 valence electrons. The van der Waals surface area contributed by atoms with E-state index in [9.17, 15) is 9.59 Å². The van der Waals surface area contributed by atoms with Crippen LogP contribution in [0.25, 0.3) is 16.6 Å². The van der Waals surface area contributed by atoms with Crippen LogP contribution in [0.1, 0.15) is 16.2 Å². The van der Waals surface area contributed by atoms with Crippen molar-refractivity contribution in [2.75, 3.05) is 0 Å². The van der Waals surface area contributed by atoms with E-state index >= 15 is 0 Å². The number of nitrogens with one attached hydrogen (secondary N) is 1. The smallest absolute Gasteiger partial charge is 0.375 e. The maximum Gasteiger partial charge on any atom is 0.375 e. The lowest BCUT2D eigenvalue weighted by Crippen LogP contribution is -2.18. The van der Waals surface area contributed by atoms with E-state index < -0.39 is 17.5 Å². The molecule has 2 aromatic heterocycles. The standard InChI is InChI=1S/C11H8N4O3/c1-5-3-2-4-6-7(5)12-11(18)15-9(6)13-8(14-15)10(16)17/h2-4H,1H3,(H,12,18)(H,16,17). The number of para-hydroxylation sites is 1. The van der Waals surface area contributed by atoms with Crippen molar-refractivity contribution in [1.82, 2.24) is 19.6 Å². The SMILES string of the molecule is Cc1cccc2c1[nH]c(=O)n1nc(C(=O)O)nc21. The van der Waals surface area contributed by atoms with Crippen LogP contribution in [-0.2, 0) is 0 Å². The molecule has 0 bridgehead atoms. The molecular formula is C11H8N4O3. The van der Waals surface area contributed by atoms with Crippen LogP contribution in [0.4, 0.5) is 0 Å². The molecule has 7 nitrogen and oxygen atoms in total. The van der Waals surface area contributed by atoms with E-state index in [-0.39, 0.29) is 5.65 Å². The van der Waals surface area contributed by atoms with Gasteiger partial charge < -0.3 is 10.1 Å². The number of aromatic nitrogens is 4. The Bertz CT molecular complexity index is 846. The number of aromatic amines is 1. The monoisotopic (exact) mass is 244 g/mol. The number of carbonyl (C=O) groups is 1. The first kappa shape index (κ1) is 10.5. The van der Waals surface area contributed by atoms with Crippen molar-refractivity contribution in [2.24, 2.45) is 0 Å². The van der Waals surface area contributed by atoms with E-state index in [2.05, 4.69) is 15.1 Å². The minimum atomic E-state index is -1.26. The van der Waals surface area contributed by atoms with Gasteiger partial charge in [-0.1, -0.05) is 12.1 Å². The second kappa shape index (κ2) is 3.39. The Hall–Kier alpha value is -2.70. The molecule has 1 aromatic carbocycles. The topological polar surface area (TPSA) is 100 Å². The van der Waals surface area contributed by atoms with Crippen LogP contribution in [0.3, 0.4) is 0 Å². The van der Waals surface area contributed by atoms with Crippen LogP contribution >= 0.6 is 0 Å². The number of carboxylic acid groups (broad SMARTS) is 1. The van der Waals surface area contributed by atoms with Crippen LogP contribution in [0.15, 0.2) is 23.0 Å². The number of carboxylic acids is 1. The average Bonchev–Trinajstić information content (AvgIpc) is 2.77. The Kier molecular flexibility index (Phi) is 1.97. The Balaban J connectivity index is 2.57. The summed E-state index contributed by atoms with van der Waals surface area (Å²) in [5.74, 6) is -1.66. The number of aryl methyl sites for hydroxylation is 1. The number of benzene rings is 1. The van der Waals surface area contributed by atoms with E-state index in [1.54, 1.807) is 6.07 Å². The molecule has 3 aromatic rings. The molecule has 2 heterocycles. The van der Waals surface area contributed by atoms with Gasteiger partial charge in [0.15, 0.2) is 5.65 Å². The number of rotatable bonds is 1. The first-order chi connectivity index (χ1) is 8.58. The molecule has 0 aliphatic rings. The molecule has 0 saturated carbocycles. The summed E-state index contributed by atoms with van der Waals surface area (Å²) < 4.78 is 0.964. The predicted molar refractivity (Wildman–Crippen MR) is 62.8 cm³/mol. The van der Waals surface area contributed by atoms with Gasteiger partial charge in [-0.15, -0.1) is 5.10 Å². The lowest BCUT2D eigenvalue weighted by Gasteiger charge is -2.01. The third-order valence-electron chi connectivity index (χ3n) is 2.74. The van der Waals surface area contributed by atoms with Crippen molar-refractivity contribution in [3.05, 3.63) is 40.1 Å². The van der Waals surface area contributed by atoms with Gasteiger partial charge in [0, 0.05) is 5.39 Å². The molecule has 3 rings (SSSR count). The Morgan fingerprint density at radius 1 is 1.44 bits per heavy atom. The number of fused-ring (bicyclic) bond motifs is 3.